The van der Waals surface area contributed by atoms with Crippen molar-refractivity contribution >= 4 is 29.5 Å². The van der Waals surface area contributed by atoms with Gasteiger partial charge in [0.05, 0.1) is 0 Å². The van der Waals surface area contributed by atoms with Gasteiger partial charge in [-0.1, -0.05) is 37.3 Å². The van der Waals surface area contributed by atoms with Gasteiger partial charge in [-0.05, 0) is 37.9 Å². The molecule has 2 rings (SSSR count). The average molecular weight is 398 g/mol. The third-order valence-electron chi connectivity index (χ3n) is 3.80. The molecule has 0 aliphatic rings. The highest BCUT2D eigenvalue weighted by Gasteiger charge is 2.17. The third-order valence-corrected chi connectivity index (χ3v) is 4.87. The first-order valence-electron chi connectivity index (χ1n) is 8.79. The largest absolute Gasteiger partial charge is 0.489 e. The van der Waals surface area contributed by atoms with Crippen LogP contribution in [0.3, 0.4) is 0 Å². The molecule has 26 heavy (non-hydrogen) atoms. The highest BCUT2D eigenvalue weighted by atomic mass is 35.5. The predicted molar refractivity (Wildman–Crippen MR) is 110 cm³/mol. The monoisotopic (exact) mass is 397 g/mol. The lowest BCUT2D eigenvalue weighted by molar-refractivity contribution is 0.0957. The molecular weight excluding hydrogens is 370 g/mol. The molecule has 1 heterocycles. The van der Waals surface area contributed by atoms with Gasteiger partial charge in [-0.15, -0.1) is 23.7 Å². The maximum atomic E-state index is 12.6. The zero-order valence-corrected chi connectivity index (χ0v) is 17.0. The summed E-state index contributed by atoms with van der Waals surface area (Å²) in [5.41, 5.74) is 1.16. The highest BCUT2D eigenvalue weighted by molar-refractivity contribution is 7.14. The van der Waals surface area contributed by atoms with Gasteiger partial charge in [0.2, 0.25) is 0 Å². The Hall–Kier alpha value is -1.40. The molecule has 0 aliphatic carbocycles. The van der Waals surface area contributed by atoms with E-state index in [1.165, 1.54) is 11.3 Å². The summed E-state index contributed by atoms with van der Waals surface area (Å²) in [7, 11) is 0. The number of hydrogen-bond acceptors (Lipinski definition) is 5. The highest BCUT2D eigenvalue weighted by Crippen LogP contribution is 2.30. The number of halogens is 1. The number of carbonyl (C=O) groups is 1. The van der Waals surface area contributed by atoms with Crippen molar-refractivity contribution < 1.29 is 14.6 Å². The van der Waals surface area contributed by atoms with E-state index < -0.39 is 6.10 Å². The number of rotatable bonds is 11. The molecule has 6 heteroatoms. The van der Waals surface area contributed by atoms with Crippen LogP contribution in [-0.2, 0) is 6.42 Å². The van der Waals surface area contributed by atoms with Crippen LogP contribution in [0, 0.1) is 6.92 Å². The summed E-state index contributed by atoms with van der Waals surface area (Å²) in [5.74, 6) is 0.686. The molecule has 4 nitrogen and oxygen atoms in total. The van der Waals surface area contributed by atoms with Crippen LogP contribution in [0.25, 0.3) is 0 Å². The van der Waals surface area contributed by atoms with Crippen molar-refractivity contribution in [3.05, 3.63) is 51.7 Å². The third kappa shape index (κ3) is 7.46. The van der Waals surface area contributed by atoms with E-state index in [2.05, 4.69) is 12.2 Å². The number of thiophene rings is 1. The topological polar surface area (TPSA) is 58.6 Å². The first kappa shape index (κ1) is 22.6. The van der Waals surface area contributed by atoms with Crippen LogP contribution in [0.4, 0.5) is 0 Å². The lowest BCUT2D eigenvalue weighted by atomic mass is 10.1. The summed E-state index contributed by atoms with van der Waals surface area (Å²) < 4.78 is 5.72. The second-order valence-corrected chi connectivity index (χ2v) is 7.38. The Morgan fingerprint density at radius 1 is 1.31 bits per heavy atom. The molecule has 1 unspecified atom stereocenters. The second kappa shape index (κ2) is 12.1. The number of hydrogen-bond donors (Lipinski definition) is 2. The van der Waals surface area contributed by atoms with E-state index in [0.717, 1.165) is 29.8 Å². The number of nitrogens with one attached hydrogen (secondary N) is 1. The Kier molecular flexibility index (Phi) is 10.5. The van der Waals surface area contributed by atoms with Crippen LogP contribution < -0.4 is 10.1 Å². The Bertz CT molecular complexity index is 660. The molecule has 144 valence electrons. The Labute approximate surface area is 166 Å². The van der Waals surface area contributed by atoms with Gasteiger partial charge in [0.1, 0.15) is 23.3 Å². The number of aryl methyl sites for hydroxylation is 2. The van der Waals surface area contributed by atoms with E-state index in [1.807, 2.05) is 43.3 Å². The quantitative estimate of drug-likeness (QED) is 0.444. The maximum absolute atomic E-state index is 12.6. The van der Waals surface area contributed by atoms with Crippen molar-refractivity contribution in [3.8, 4) is 5.75 Å². The number of carbonyl (C=O) groups excluding carboxylic acids is 1. The van der Waals surface area contributed by atoms with Gasteiger partial charge < -0.3 is 15.2 Å². The fraction of sp³-hybridized carbons (Fsp3) is 0.450. The molecule has 2 aromatic rings. The van der Waals surface area contributed by atoms with Crippen LogP contribution in [0.5, 0.6) is 5.75 Å². The van der Waals surface area contributed by atoms with Gasteiger partial charge in [0.25, 0.3) is 0 Å². The van der Waals surface area contributed by atoms with Crippen molar-refractivity contribution in [2.24, 2.45) is 0 Å². The minimum atomic E-state index is -0.584. The van der Waals surface area contributed by atoms with Gasteiger partial charge in [-0.25, -0.2) is 0 Å². The van der Waals surface area contributed by atoms with Gasteiger partial charge in [-0.3, -0.25) is 4.79 Å². The smallest absolute Gasteiger partial charge is 0.176 e. The molecule has 0 spiro atoms. The van der Waals surface area contributed by atoms with E-state index in [1.54, 1.807) is 0 Å². The lowest BCUT2D eigenvalue weighted by Crippen LogP contribution is -2.31. The number of ether oxygens (including phenoxy) is 1. The molecule has 0 fully saturated rings. The van der Waals surface area contributed by atoms with Gasteiger partial charge in [-0.2, -0.15) is 0 Å². The molecule has 0 radical (unpaired) electrons. The fourth-order valence-corrected chi connectivity index (χ4v) is 3.42. The van der Waals surface area contributed by atoms with Crippen LogP contribution in [-0.4, -0.2) is 36.7 Å². The normalized spacial score (nSPS) is 11.7. The molecule has 0 saturated carbocycles. The van der Waals surface area contributed by atoms with Crippen LogP contribution in [0.2, 0.25) is 0 Å². The number of aliphatic hydroxyl groups excluding tert-OH is 1. The van der Waals surface area contributed by atoms with Gasteiger partial charge in [0.15, 0.2) is 5.78 Å². The average Bonchev–Trinajstić information content (AvgIpc) is 3.00. The summed E-state index contributed by atoms with van der Waals surface area (Å²) in [5, 5.41) is 13.1. The van der Waals surface area contributed by atoms with Crippen molar-refractivity contribution in [1.29, 1.82) is 0 Å². The van der Waals surface area contributed by atoms with E-state index >= 15 is 0 Å². The summed E-state index contributed by atoms with van der Waals surface area (Å²) in [6.07, 6.45) is 1.62. The lowest BCUT2D eigenvalue weighted by Gasteiger charge is -2.13. The summed E-state index contributed by atoms with van der Waals surface area (Å²) >= 11 is 1.46. The molecule has 1 aromatic carbocycles. The van der Waals surface area contributed by atoms with E-state index in [9.17, 15) is 9.90 Å². The molecular formula is C20H28ClNO3S. The van der Waals surface area contributed by atoms with E-state index in [0.29, 0.717) is 23.6 Å². The number of benzene rings is 1. The second-order valence-electron chi connectivity index (χ2n) is 6.13. The Balaban J connectivity index is 0.00000338. The fourth-order valence-electron chi connectivity index (χ4n) is 2.50. The van der Waals surface area contributed by atoms with Crippen molar-refractivity contribution in [2.75, 3.05) is 19.7 Å². The number of Topliss-reactive ketones (excluding diaryl/α,β-unsaturated/α-hetero) is 1. The summed E-state index contributed by atoms with van der Waals surface area (Å²) in [4.78, 5) is 14.3. The Morgan fingerprint density at radius 2 is 2.04 bits per heavy atom. The minimum absolute atomic E-state index is 0. The van der Waals surface area contributed by atoms with E-state index in [-0.39, 0.29) is 24.8 Å². The maximum Gasteiger partial charge on any atom is 0.176 e. The van der Waals surface area contributed by atoms with Crippen LogP contribution in [0.1, 0.15) is 39.9 Å². The van der Waals surface area contributed by atoms with Crippen molar-refractivity contribution in [2.45, 2.75) is 39.2 Å². The van der Waals surface area contributed by atoms with Gasteiger partial charge in [0, 0.05) is 17.8 Å². The molecule has 0 saturated heterocycles. The first-order chi connectivity index (χ1) is 12.1. The molecule has 1 atom stereocenters. The molecule has 1 aromatic heterocycles. The summed E-state index contributed by atoms with van der Waals surface area (Å²) in [6.45, 7) is 5.60. The molecule has 0 aliphatic heterocycles. The zero-order valence-electron chi connectivity index (χ0n) is 15.4. The first-order valence-corrected chi connectivity index (χ1v) is 9.61. The van der Waals surface area contributed by atoms with Crippen LogP contribution in [0.15, 0.2) is 36.4 Å². The molecule has 0 bridgehead atoms. The number of ketones is 1. The van der Waals surface area contributed by atoms with Crippen molar-refractivity contribution in [3.63, 3.8) is 0 Å². The summed E-state index contributed by atoms with van der Waals surface area (Å²) in [6, 6.07) is 11.9. The van der Waals surface area contributed by atoms with E-state index in [4.69, 9.17) is 4.74 Å². The standard InChI is InChI=1S/C20H27NO3S.ClH/c1-3-11-21-13-17(22)14-24-19-12-15(2)25-20(19)18(23)10-9-16-7-5-4-6-8-16;/h4-8,12,17,21-22H,3,9-11,13-14H2,1-2H3;1H. The minimum Gasteiger partial charge on any atom is -0.489 e. The SMILES string of the molecule is CCCNCC(O)COc1cc(C)sc1C(=O)CCc1ccccc1.Cl. The molecule has 2 N–H and O–H groups in total. The Morgan fingerprint density at radius 3 is 2.73 bits per heavy atom. The number of aliphatic hydroxyl groups is 1. The van der Waals surface area contributed by atoms with Crippen LogP contribution >= 0.6 is 23.7 Å². The van der Waals surface area contributed by atoms with Crippen molar-refractivity contribution in [1.82, 2.24) is 5.32 Å². The van der Waals surface area contributed by atoms with Gasteiger partial charge >= 0.3 is 0 Å². The zero-order chi connectivity index (χ0) is 18.1. The molecule has 0 amide bonds. The predicted octanol–water partition coefficient (Wildman–Crippen LogP) is 4.03.